The topological polar surface area (TPSA) is 75.6 Å². The number of hydrogen-bond acceptors (Lipinski definition) is 3. The number of nitrogens with one attached hydrogen (secondary N) is 1. The molecule has 0 bridgehead atoms. The van der Waals surface area contributed by atoms with E-state index in [2.05, 4.69) is 21.2 Å². The van der Waals surface area contributed by atoms with Crippen LogP contribution in [-0.4, -0.2) is 29.6 Å². The molecule has 0 aromatic heterocycles. The summed E-state index contributed by atoms with van der Waals surface area (Å²) in [6.45, 7) is 1.85. The van der Waals surface area contributed by atoms with Crippen molar-refractivity contribution < 1.29 is 19.4 Å². The Morgan fingerprint density at radius 2 is 2.19 bits per heavy atom. The van der Waals surface area contributed by atoms with Crippen molar-refractivity contribution in [2.24, 2.45) is 5.92 Å². The molecular formula is C15H18BrNO4. The smallest absolute Gasteiger partial charge is 0.308 e. The second-order valence-electron chi connectivity index (χ2n) is 5.27. The van der Waals surface area contributed by atoms with E-state index in [1.807, 2.05) is 19.1 Å². The van der Waals surface area contributed by atoms with Crippen molar-refractivity contribution in [1.29, 1.82) is 0 Å². The van der Waals surface area contributed by atoms with E-state index >= 15 is 0 Å². The van der Waals surface area contributed by atoms with E-state index in [-0.39, 0.29) is 18.6 Å². The minimum Gasteiger partial charge on any atom is -0.483 e. The Bertz CT molecular complexity index is 546. The molecule has 1 aromatic carbocycles. The summed E-state index contributed by atoms with van der Waals surface area (Å²) in [5.41, 5.74) is 1.09. The fraction of sp³-hybridized carbons (Fsp3) is 0.467. The number of carbonyl (C=O) groups excluding carboxylic acids is 1. The van der Waals surface area contributed by atoms with Crippen LogP contribution in [0.5, 0.6) is 5.75 Å². The summed E-state index contributed by atoms with van der Waals surface area (Å²) in [4.78, 5) is 22.9. The first-order valence-corrected chi connectivity index (χ1v) is 7.68. The standard InChI is InChI=1S/C15H18BrNO4/c1-9-5-6-13(11(16)7-9)21-8-14(18)17-12-4-2-3-10(12)15(19)20/h5-7,10,12H,2-4,8H2,1H3,(H,17,18)(H,19,20). The number of aryl methyl sites for hydroxylation is 1. The van der Waals surface area contributed by atoms with E-state index in [4.69, 9.17) is 9.84 Å². The Labute approximate surface area is 131 Å². The Kier molecular flexibility index (Phi) is 5.22. The maximum absolute atomic E-state index is 11.9. The molecule has 1 aliphatic carbocycles. The number of carbonyl (C=O) groups is 2. The fourth-order valence-electron chi connectivity index (χ4n) is 2.54. The molecular weight excluding hydrogens is 338 g/mol. The van der Waals surface area contributed by atoms with Crippen LogP contribution >= 0.6 is 15.9 Å². The van der Waals surface area contributed by atoms with Crippen molar-refractivity contribution in [3.8, 4) is 5.75 Å². The molecule has 21 heavy (non-hydrogen) atoms. The molecule has 0 radical (unpaired) electrons. The van der Waals surface area contributed by atoms with E-state index in [1.165, 1.54) is 0 Å². The molecule has 0 saturated heterocycles. The molecule has 2 unspecified atom stereocenters. The normalized spacial score (nSPS) is 21.0. The quantitative estimate of drug-likeness (QED) is 0.850. The zero-order valence-corrected chi connectivity index (χ0v) is 13.4. The van der Waals surface area contributed by atoms with Crippen molar-refractivity contribution >= 4 is 27.8 Å². The first-order chi connectivity index (χ1) is 9.97. The van der Waals surface area contributed by atoms with Crippen LogP contribution < -0.4 is 10.1 Å². The van der Waals surface area contributed by atoms with E-state index in [9.17, 15) is 9.59 Å². The molecule has 0 spiro atoms. The molecule has 1 aromatic rings. The number of aliphatic carboxylic acids is 1. The van der Waals surface area contributed by atoms with Crippen molar-refractivity contribution in [1.82, 2.24) is 5.32 Å². The molecule has 2 atom stereocenters. The second kappa shape index (κ2) is 6.93. The van der Waals surface area contributed by atoms with Gasteiger partial charge in [0.2, 0.25) is 0 Å². The lowest BCUT2D eigenvalue weighted by Crippen LogP contribution is -2.42. The van der Waals surface area contributed by atoms with Gasteiger partial charge in [-0.3, -0.25) is 9.59 Å². The van der Waals surface area contributed by atoms with Gasteiger partial charge in [0.25, 0.3) is 5.91 Å². The zero-order chi connectivity index (χ0) is 15.4. The minimum absolute atomic E-state index is 0.121. The van der Waals surface area contributed by atoms with Crippen LogP contribution in [0, 0.1) is 12.8 Å². The van der Waals surface area contributed by atoms with Crippen LogP contribution in [0.1, 0.15) is 24.8 Å². The van der Waals surface area contributed by atoms with Gasteiger partial charge in [0, 0.05) is 6.04 Å². The van der Waals surface area contributed by atoms with Crippen LogP contribution in [0.2, 0.25) is 0 Å². The van der Waals surface area contributed by atoms with Gasteiger partial charge < -0.3 is 15.2 Å². The third-order valence-corrected chi connectivity index (χ3v) is 4.25. The Balaban J connectivity index is 1.86. The molecule has 0 heterocycles. The van der Waals surface area contributed by atoms with E-state index in [0.717, 1.165) is 16.5 Å². The number of carboxylic acids is 1. The van der Waals surface area contributed by atoms with Gasteiger partial charge in [0.05, 0.1) is 10.4 Å². The van der Waals surface area contributed by atoms with Crippen LogP contribution in [0.4, 0.5) is 0 Å². The molecule has 1 saturated carbocycles. The highest BCUT2D eigenvalue weighted by Crippen LogP contribution is 2.27. The SMILES string of the molecule is Cc1ccc(OCC(=O)NC2CCCC2C(=O)O)c(Br)c1. The maximum Gasteiger partial charge on any atom is 0.308 e. The summed E-state index contributed by atoms with van der Waals surface area (Å²) in [5, 5.41) is 11.8. The van der Waals surface area contributed by atoms with Gasteiger partial charge in [0.1, 0.15) is 5.75 Å². The number of benzene rings is 1. The molecule has 6 heteroatoms. The third-order valence-electron chi connectivity index (χ3n) is 3.63. The molecule has 1 fully saturated rings. The predicted molar refractivity (Wildman–Crippen MR) is 81.3 cm³/mol. The largest absolute Gasteiger partial charge is 0.483 e. The highest BCUT2D eigenvalue weighted by atomic mass is 79.9. The summed E-state index contributed by atoms with van der Waals surface area (Å²) >= 11 is 3.38. The van der Waals surface area contributed by atoms with Gasteiger partial charge in [-0.2, -0.15) is 0 Å². The lowest BCUT2D eigenvalue weighted by molar-refractivity contribution is -0.142. The van der Waals surface area contributed by atoms with Gasteiger partial charge in [-0.25, -0.2) is 0 Å². The monoisotopic (exact) mass is 355 g/mol. The molecule has 5 nitrogen and oxygen atoms in total. The number of ether oxygens (including phenoxy) is 1. The van der Waals surface area contributed by atoms with Crippen molar-refractivity contribution in [2.75, 3.05) is 6.61 Å². The summed E-state index contributed by atoms with van der Waals surface area (Å²) in [6, 6.07) is 5.31. The molecule has 114 valence electrons. The summed E-state index contributed by atoms with van der Waals surface area (Å²) in [5.74, 6) is -1.03. The van der Waals surface area contributed by atoms with Gasteiger partial charge in [0.15, 0.2) is 6.61 Å². The van der Waals surface area contributed by atoms with Gasteiger partial charge in [-0.15, -0.1) is 0 Å². The van der Waals surface area contributed by atoms with Gasteiger partial charge >= 0.3 is 5.97 Å². The molecule has 0 aliphatic heterocycles. The lowest BCUT2D eigenvalue weighted by atomic mass is 10.0. The first kappa shape index (κ1) is 15.8. The third kappa shape index (κ3) is 4.20. The zero-order valence-electron chi connectivity index (χ0n) is 11.8. The molecule has 1 aliphatic rings. The average molecular weight is 356 g/mol. The summed E-state index contributed by atoms with van der Waals surface area (Å²) < 4.78 is 6.24. The minimum atomic E-state index is -0.847. The molecule has 2 N–H and O–H groups in total. The van der Waals surface area contributed by atoms with Crippen molar-refractivity contribution in [3.05, 3.63) is 28.2 Å². The van der Waals surface area contributed by atoms with Crippen LogP contribution in [0.25, 0.3) is 0 Å². The number of hydrogen-bond donors (Lipinski definition) is 2. The molecule has 1 amide bonds. The maximum atomic E-state index is 11.9. The van der Waals surface area contributed by atoms with Gasteiger partial charge in [-0.1, -0.05) is 12.5 Å². The average Bonchev–Trinajstić information content (AvgIpc) is 2.86. The summed E-state index contributed by atoms with van der Waals surface area (Å²) in [6.07, 6.45) is 2.15. The molecule has 2 rings (SSSR count). The number of halogens is 1. The second-order valence-corrected chi connectivity index (χ2v) is 6.13. The van der Waals surface area contributed by atoms with E-state index in [0.29, 0.717) is 18.6 Å². The van der Waals surface area contributed by atoms with Gasteiger partial charge in [-0.05, 0) is 53.4 Å². The van der Waals surface area contributed by atoms with Crippen LogP contribution in [-0.2, 0) is 9.59 Å². The Morgan fingerprint density at radius 3 is 2.86 bits per heavy atom. The van der Waals surface area contributed by atoms with Crippen molar-refractivity contribution in [3.63, 3.8) is 0 Å². The Morgan fingerprint density at radius 1 is 1.43 bits per heavy atom. The summed E-state index contributed by atoms with van der Waals surface area (Å²) in [7, 11) is 0. The van der Waals surface area contributed by atoms with Crippen LogP contribution in [0.15, 0.2) is 22.7 Å². The first-order valence-electron chi connectivity index (χ1n) is 6.88. The van der Waals surface area contributed by atoms with Crippen molar-refractivity contribution in [2.45, 2.75) is 32.2 Å². The highest BCUT2D eigenvalue weighted by Gasteiger charge is 2.33. The Hall–Kier alpha value is -1.56. The lowest BCUT2D eigenvalue weighted by Gasteiger charge is -2.17. The van der Waals surface area contributed by atoms with Crippen LogP contribution in [0.3, 0.4) is 0 Å². The predicted octanol–water partition coefficient (Wildman–Crippen LogP) is 2.51. The fourth-order valence-corrected chi connectivity index (χ4v) is 3.15. The number of carboxylic acid groups (broad SMARTS) is 1. The number of amides is 1. The van der Waals surface area contributed by atoms with E-state index in [1.54, 1.807) is 6.07 Å². The highest BCUT2D eigenvalue weighted by molar-refractivity contribution is 9.10. The number of rotatable bonds is 5. The van der Waals surface area contributed by atoms with E-state index < -0.39 is 11.9 Å².